The van der Waals surface area contributed by atoms with E-state index in [9.17, 15) is 17.6 Å². The van der Waals surface area contributed by atoms with Crippen LogP contribution in [-0.2, 0) is 21.2 Å². The molecule has 0 radical (unpaired) electrons. The van der Waals surface area contributed by atoms with Crippen LogP contribution in [0.2, 0.25) is 0 Å². The lowest BCUT2D eigenvalue weighted by Crippen LogP contribution is -2.45. The monoisotopic (exact) mass is 534 g/mol. The largest absolute Gasteiger partial charge is 0.322 e. The molecule has 164 valence electrons. The van der Waals surface area contributed by atoms with E-state index in [0.717, 1.165) is 17.3 Å². The van der Waals surface area contributed by atoms with Crippen molar-refractivity contribution in [2.24, 2.45) is 0 Å². The number of nitrogens with one attached hydrogen (secondary N) is 2. The molecule has 0 aliphatic rings. The SMILES string of the molecule is O=C(Nc1ccc(Br)cc1F)[C@@H](Cc1ccccc1)NS(=O)(=O)c1cccc2nsnc12. The van der Waals surface area contributed by atoms with Gasteiger partial charge in [0.05, 0.1) is 17.4 Å². The summed E-state index contributed by atoms with van der Waals surface area (Å²) in [7, 11) is -4.14. The Morgan fingerprint density at radius 3 is 2.59 bits per heavy atom. The highest BCUT2D eigenvalue weighted by Crippen LogP contribution is 2.23. The zero-order valence-electron chi connectivity index (χ0n) is 16.3. The second kappa shape index (κ2) is 9.41. The van der Waals surface area contributed by atoms with Crippen molar-refractivity contribution in [3.8, 4) is 0 Å². The van der Waals surface area contributed by atoms with Crippen molar-refractivity contribution in [3.63, 3.8) is 0 Å². The van der Waals surface area contributed by atoms with Crippen LogP contribution in [0.5, 0.6) is 0 Å². The molecule has 0 unspecified atom stereocenters. The molecule has 1 atom stereocenters. The van der Waals surface area contributed by atoms with E-state index in [1.165, 1.54) is 18.2 Å². The molecular formula is C21H16BrFN4O3S2. The van der Waals surface area contributed by atoms with Crippen molar-refractivity contribution < 1.29 is 17.6 Å². The lowest BCUT2D eigenvalue weighted by molar-refractivity contribution is -0.117. The molecule has 1 heterocycles. The number of benzene rings is 3. The number of anilines is 1. The summed E-state index contributed by atoms with van der Waals surface area (Å²) in [6, 6.07) is 16.5. The van der Waals surface area contributed by atoms with Crippen LogP contribution < -0.4 is 10.0 Å². The van der Waals surface area contributed by atoms with E-state index < -0.39 is 27.8 Å². The summed E-state index contributed by atoms with van der Waals surface area (Å²) in [5.41, 5.74) is 1.35. The van der Waals surface area contributed by atoms with Gasteiger partial charge in [-0.15, -0.1) is 0 Å². The first-order chi connectivity index (χ1) is 15.3. The van der Waals surface area contributed by atoms with E-state index in [4.69, 9.17) is 0 Å². The van der Waals surface area contributed by atoms with Crippen molar-refractivity contribution in [3.05, 3.63) is 82.6 Å². The molecule has 2 N–H and O–H groups in total. The van der Waals surface area contributed by atoms with E-state index in [1.54, 1.807) is 42.5 Å². The Hall–Kier alpha value is -2.73. The molecule has 4 rings (SSSR count). The summed E-state index contributed by atoms with van der Waals surface area (Å²) < 4.78 is 51.7. The van der Waals surface area contributed by atoms with Crippen LogP contribution in [0.4, 0.5) is 10.1 Å². The minimum atomic E-state index is -4.14. The number of rotatable bonds is 7. The maximum absolute atomic E-state index is 14.2. The van der Waals surface area contributed by atoms with E-state index in [0.29, 0.717) is 9.99 Å². The number of amides is 1. The molecule has 4 aromatic rings. The predicted molar refractivity (Wildman–Crippen MR) is 124 cm³/mol. The molecule has 0 bridgehead atoms. The number of carbonyl (C=O) groups excluding carboxylic acids is 1. The third-order valence-corrected chi connectivity index (χ3v) is 7.16. The van der Waals surface area contributed by atoms with E-state index in [-0.39, 0.29) is 22.5 Å². The highest BCUT2D eigenvalue weighted by Gasteiger charge is 2.28. The number of hydrogen-bond donors (Lipinski definition) is 2. The molecule has 0 fully saturated rings. The molecule has 11 heteroatoms. The minimum Gasteiger partial charge on any atom is -0.322 e. The molecule has 0 spiro atoms. The molecule has 3 aromatic carbocycles. The molecule has 32 heavy (non-hydrogen) atoms. The van der Waals surface area contributed by atoms with Crippen molar-refractivity contribution in [2.75, 3.05) is 5.32 Å². The molecule has 1 aromatic heterocycles. The van der Waals surface area contributed by atoms with Crippen LogP contribution in [0.15, 0.2) is 76.1 Å². The van der Waals surface area contributed by atoms with Gasteiger partial charge in [-0.25, -0.2) is 12.8 Å². The Balaban J connectivity index is 1.66. The van der Waals surface area contributed by atoms with Gasteiger partial charge in [0, 0.05) is 4.47 Å². The highest BCUT2D eigenvalue weighted by molar-refractivity contribution is 9.10. The van der Waals surface area contributed by atoms with Crippen molar-refractivity contribution in [1.29, 1.82) is 0 Å². The summed E-state index contributed by atoms with van der Waals surface area (Å²) in [6.07, 6.45) is 0.0648. The van der Waals surface area contributed by atoms with Crippen LogP contribution in [0.3, 0.4) is 0 Å². The van der Waals surface area contributed by atoms with Gasteiger partial charge < -0.3 is 5.32 Å². The smallest absolute Gasteiger partial charge is 0.243 e. The van der Waals surface area contributed by atoms with Crippen molar-refractivity contribution >= 4 is 60.3 Å². The van der Waals surface area contributed by atoms with Gasteiger partial charge in [0.25, 0.3) is 0 Å². The van der Waals surface area contributed by atoms with Crippen LogP contribution >= 0.6 is 27.7 Å². The summed E-state index contributed by atoms with van der Waals surface area (Å²) in [5.74, 6) is -1.34. The Labute approximate surface area is 196 Å². The van der Waals surface area contributed by atoms with E-state index in [1.807, 2.05) is 6.07 Å². The van der Waals surface area contributed by atoms with Crippen LogP contribution in [0.25, 0.3) is 11.0 Å². The highest BCUT2D eigenvalue weighted by atomic mass is 79.9. The Morgan fingerprint density at radius 1 is 1.06 bits per heavy atom. The van der Waals surface area contributed by atoms with Gasteiger partial charge in [0.15, 0.2) is 0 Å². The zero-order valence-corrected chi connectivity index (χ0v) is 19.5. The molecule has 0 saturated carbocycles. The van der Waals surface area contributed by atoms with E-state index >= 15 is 0 Å². The zero-order chi connectivity index (χ0) is 22.7. The van der Waals surface area contributed by atoms with Gasteiger partial charge in [-0.1, -0.05) is 52.3 Å². The lowest BCUT2D eigenvalue weighted by Gasteiger charge is -2.19. The van der Waals surface area contributed by atoms with Crippen molar-refractivity contribution in [1.82, 2.24) is 13.5 Å². The Kier molecular flexibility index (Phi) is 6.60. The standard InChI is InChI=1S/C21H16BrFN4O3S2/c22-14-9-10-16(15(23)12-14)24-21(28)18(11-13-5-2-1-3-6-13)27-32(29,30)19-8-4-7-17-20(19)26-31-25-17/h1-10,12,18,27H,11H2,(H,24,28)/t18-/m1/s1. The number of hydrogen-bond acceptors (Lipinski definition) is 6. The second-order valence-electron chi connectivity index (χ2n) is 6.87. The predicted octanol–water partition coefficient (Wildman–Crippen LogP) is 4.12. The van der Waals surface area contributed by atoms with Crippen LogP contribution in [0.1, 0.15) is 5.56 Å². The van der Waals surface area contributed by atoms with Gasteiger partial charge in [0.1, 0.15) is 27.8 Å². The molecule has 0 aliphatic heterocycles. The first-order valence-electron chi connectivity index (χ1n) is 9.37. The van der Waals surface area contributed by atoms with Crippen molar-refractivity contribution in [2.45, 2.75) is 17.4 Å². The maximum atomic E-state index is 14.2. The first kappa shape index (κ1) is 22.5. The minimum absolute atomic E-state index is 0.0544. The number of sulfonamides is 1. The normalized spacial score (nSPS) is 12.6. The summed E-state index contributed by atoms with van der Waals surface area (Å²) in [4.78, 5) is 13.0. The number of carbonyl (C=O) groups is 1. The first-order valence-corrected chi connectivity index (χ1v) is 12.4. The van der Waals surface area contributed by atoms with Gasteiger partial charge in [0.2, 0.25) is 15.9 Å². The number of halogens is 2. The van der Waals surface area contributed by atoms with Gasteiger partial charge >= 0.3 is 0 Å². The number of fused-ring (bicyclic) bond motifs is 1. The lowest BCUT2D eigenvalue weighted by atomic mass is 10.1. The average Bonchev–Trinajstić information content (AvgIpc) is 3.24. The van der Waals surface area contributed by atoms with Crippen LogP contribution in [0, 0.1) is 5.82 Å². The summed E-state index contributed by atoms with van der Waals surface area (Å²) >= 11 is 4.06. The fraction of sp³-hybridized carbons (Fsp3) is 0.0952. The number of aromatic nitrogens is 2. The fourth-order valence-electron chi connectivity index (χ4n) is 3.10. The average molecular weight is 535 g/mol. The number of nitrogens with zero attached hydrogens (tertiary/aromatic N) is 2. The van der Waals surface area contributed by atoms with Gasteiger partial charge in [-0.2, -0.15) is 13.5 Å². The van der Waals surface area contributed by atoms with Gasteiger partial charge in [-0.3, -0.25) is 4.79 Å². The van der Waals surface area contributed by atoms with Crippen LogP contribution in [-0.4, -0.2) is 29.1 Å². The molecule has 7 nitrogen and oxygen atoms in total. The Morgan fingerprint density at radius 2 is 1.84 bits per heavy atom. The third kappa shape index (κ3) is 5.01. The quantitative estimate of drug-likeness (QED) is 0.371. The summed E-state index contributed by atoms with van der Waals surface area (Å²) in [5, 5.41) is 2.48. The Bertz CT molecular complexity index is 1380. The molecule has 0 aliphatic carbocycles. The summed E-state index contributed by atoms with van der Waals surface area (Å²) in [6.45, 7) is 0. The maximum Gasteiger partial charge on any atom is 0.243 e. The van der Waals surface area contributed by atoms with Gasteiger partial charge in [-0.05, 0) is 42.3 Å². The van der Waals surface area contributed by atoms with E-state index in [2.05, 4.69) is 34.7 Å². The fourth-order valence-corrected chi connectivity index (χ4v) is 5.39. The molecular weight excluding hydrogens is 519 g/mol. The third-order valence-electron chi connectivity index (χ3n) is 4.62. The second-order valence-corrected chi connectivity index (χ2v) is 9.99. The molecule has 0 saturated heterocycles. The topological polar surface area (TPSA) is 101 Å². The molecule has 1 amide bonds.